The molecule has 0 heterocycles. The van der Waals surface area contributed by atoms with Crippen molar-refractivity contribution in [1.82, 2.24) is 0 Å². The van der Waals surface area contributed by atoms with Crippen LogP contribution >= 0.6 is 0 Å². The Labute approximate surface area is 111 Å². The van der Waals surface area contributed by atoms with Gasteiger partial charge in [-0.25, -0.2) is 4.39 Å². The Kier molecular flexibility index (Phi) is 4.29. The maximum atomic E-state index is 13.5. The molecule has 0 aliphatic heterocycles. The number of Topliss-reactive ketones (excluding diaryl/α,β-unsaturated/α-hetero) is 1. The van der Waals surface area contributed by atoms with Gasteiger partial charge in [-0.05, 0) is 30.7 Å². The average molecular weight is 258 g/mol. The highest BCUT2D eigenvalue weighted by Crippen LogP contribution is 2.20. The quantitative estimate of drug-likeness (QED) is 0.765. The number of hydrogen-bond donors (Lipinski definition) is 0. The minimum atomic E-state index is -0.357. The van der Waals surface area contributed by atoms with Crippen LogP contribution in [0.5, 0.6) is 5.75 Å². The van der Waals surface area contributed by atoms with E-state index in [1.807, 2.05) is 13.0 Å². The van der Waals surface area contributed by atoms with Gasteiger partial charge in [-0.1, -0.05) is 30.3 Å². The van der Waals surface area contributed by atoms with Crippen molar-refractivity contribution in [3.8, 4) is 5.75 Å². The molecule has 2 aromatic rings. The molecule has 0 aliphatic carbocycles. The van der Waals surface area contributed by atoms with Gasteiger partial charge in [-0.3, -0.25) is 4.79 Å². The zero-order valence-electron chi connectivity index (χ0n) is 10.7. The third kappa shape index (κ3) is 3.19. The van der Waals surface area contributed by atoms with Crippen LogP contribution < -0.4 is 4.74 Å². The highest BCUT2D eigenvalue weighted by Gasteiger charge is 2.14. The zero-order chi connectivity index (χ0) is 13.7. The summed E-state index contributed by atoms with van der Waals surface area (Å²) in [6, 6.07) is 13.3. The van der Waals surface area contributed by atoms with Crippen molar-refractivity contribution < 1.29 is 13.9 Å². The van der Waals surface area contributed by atoms with E-state index < -0.39 is 0 Å². The number of carbonyl (C=O) groups is 1. The highest BCUT2D eigenvalue weighted by atomic mass is 19.1. The van der Waals surface area contributed by atoms with Crippen LogP contribution in [0.2, 0.25) is 0 Å². The molecule has 0 radical (unpaired) electrons. The van der Waals surface area contributed by atoms with Crippen LogP contribution in [0.25, 0.3) is 0 Å². The summed E-state index contributed by atoms with van der Waals surface area (Å²) in [5, 5.41) is 0. The Balaban J connectivity index is 2.23. The lowest BCUT2D eigenvalue weighted by molar-refractivity contribution is 0.0988. The number of para-hydroxylation sites is 1. The molecule has 0 spiro atoms. The molecule has 2 rings (SSSR count). The summed E-state index contributed by atoms with van der Waals surface area (Å²) >= 11 is 0. The van der Waals surface area contributed by atoms with Gasteiger partial charge in [-0.15, -0.1) is 0 Å². The van der Waals surface area contributed by atoms with Gasteiger partial charge in [-0.2, -0.15) is 0 Å². The first-order valence-electron chi connectivity index (χ1n) is 6.20. The van der Waals surface area contributed by atoms with E-state index in [2.05, 4.69) is 0 Å². The average Bonchev–Trinajstić information content (AvgIpc) is 2.42. The smallest absolute Gasteiger partial charge is 0.171 e. The first-order chi connectivity index (χ1) is 9.22. The first kappa shape index (κ1) is 13.3. The summed E-state index contributed by atoms with van der Waals surface area (Å²) in [6.45, 7) is 2.35. The summed E-state index contributed by atoms with van der Waals surface area (Å²) in [5.74, 6) is 0.0465. The molecule has 0 saturated heterocycles. The molecule has 0 saturated carbocycles. The largest absolute Gasteiger partial charge is 0.493 e. The Bertz CT molecular complexity index is 578. The number of hydrogen-bond acceptors (Lipinski definition) is 2. The maximum Gasteiger partial charge on any atom is 0.171 e. The Hall–Kier alpha value is -2.16. The molecule has 0 amide bonds. The highest BCUT2D eigenvalue weighted by molar-refractivity contribution is 5.99. The standard InChI is InChI=1S/C16H15FO2/c1-2-19-16-10-6-4-8-13(16)15(18)11-12-7-3-5-9-14(12)17/h3-10H,2,11H2,1H3. The molecule has 98 valence electrons. The van der Waals surface area contributed by atoms with Crippen molar-refractivity contribution in [1.29, 1.82) is 0 Å². The van der Waals surface area contributed by atoms with Crippen LogP contribution in [-0.4, -0.2) is 12.4 Å². The SMILES string of the molecule is CCOc1ccccc1C(=O)Cc1ccccc1F. The third-order valence-corrected chi connectivity index (χ3v) is 2.80. The van der Waals surface area contributed by atoms with Gasteiger partial charge >= 0.3 is 0 Å². The number of carbonyl (C=O) groups excluding carboxylic acids is 1. The Morgan fingerprint density at radius 1 is 1.11 bits per heavy atom. The predicted molar refractivity (Wildman–Crippen MR) is 72.0 cm³/mol. The monoisotopic (exact) mass is 258 g/mol. The van der Waals surface area contributed by atoms with E-state index in [4.69, 9.17) is 4.74 Å². The van der Waals surface area contributed by atoms with Crippen molar-refractivity contribution in [2.75, 3.05) is 6.61 Å². The fraction of sp³-hybridized carbons (Fsp3) is 0.188. The van der Waals surface area contributed by atoms with E-state index in [1.54, 1.807) is 36.4 Å². The van der Waals surface area contributed by atoms with Crippen LogP contribution in [-0.2, 0) is 6.42 Å². The zero-order valence-corrected chi connectivity index (χ0v) is 10.7. The van der Waals surface area contributed by atoms with E-state index >= 15 is 0 Å². The van der Waals surface area contributed by atoms with Crippen molar-refractivity contribution >= 4 is 5.78 Å². The normalized spacial score (nSPS) is 10.2. The molecule has 0 bridgehead atoms. The van der Waals surface area contributed by atoms with Crippen LogP contribution in [0.4, 0.5) is 4.39 Å². The molecular formula is C16H15FO2. The summed E-state index contributed by atoms with van der Waals surface area (Å²) < 4.78 is 18.9. The Morgan fingerprint density at radius 3 is 2.53 bits per heavy atom. The molecule has 0 aliphatic rings. The van der Waals surface area contributed by atoms with Crippen LogP contribution in [0, 0.1) is 5.82 Å². The second-order valence-electron chi connectivity index (χ2n) is 4.12. The van der Waals surface area contributed by atoms with Gasteiger partial charge in [0.15, 0.2) is 5.78 Å². The fourth-order valence-electron chi connectivity index (χ4n) is 1.89. The second kappa shape index (κ2) is 6.14. The van der Waals surface area contributed by atoms with Gasteiger partial charge in [0.1, 0.15) is 11.6 Å². The van der Waals surface area contributed by atoms with Gasteiger partial charge < -0.3 is 4.74 Å². The molecule has 3 heteroatoms. The topological polar surface area (TPSA) is 26.3 Å². The van der Waals surface area contributed by atoms with Crippen molar-refractivity contribution in [3.63, 3.8) is 0 Å². The van der Waals surface area contributed by atoms with Gasteiger partial charge in [0.25, 0.3) is 0 Å². The number of benzene rings is 2. The Morgan fingerprint density at radius 2 is 1.79 bits per heavy atom. The van der Waals surface area contributed by atoms with Crippen molar-refractivity contribution in [3.05, 3.63) is 65.5 Å². The molecule has 19 heavy (non-hydrogen) atoms. The van der Waals surface area contributed by atoms with E-state index in [-0.39, 0.29) is 18.0 Å². The lowest BCUT2D eigenvalue weighted by Gasteiger charge is -2.09. The molecule has 0 fully saturated rings. The maximum absolute atomic E-state index is 13.5. The van der Waals surface area contributed by atoms with E-state index in [1.165, 1.54) is 6.07 Å². The summed E-state index contributed by atoms with van der Waals surface area (Å²) in [4.78, 5) is 12.2. The molecule has 2 aromatic carbocycles. The molecule has 0 aromatic heterocycles. The van der Waals surface area contributed by atoms with Crippen LogP contribution in [0.3, 0.4) is 0 Å². The molecule has 2 nitrogen and oxygen atoms in total. The first-order valence-corrected chi connectivity index (χ1v) is 6.20. The minimum absolute atomic E-state index is 0.0385. The number of halogens is 1. The molecule has 0 atom stereocenters. The van der Waals surface area contributed by atoms with Crippen LogP contribution in [0.1, 0.15) is 22.8 Å². The van der Waals surface area contributed by atoms with E-state index in [0.717, 1.165) is 0 Å². The van der Waals surface area contributed by atoms with Crippen LogP contribution in [0.15, 0.2) is 48.5 Å². The lowest BCUT2D eigenvalue weighted by Crippen LogP contribution is -2.08. The molecular weight excluding hydrogens is 243 g/mol. The summed E-state index contributed by atoms with van der Waals surface area (Å²) in [5.41, 5.74) is 0.895. The number of ether oxygens (including phenoxy) is 1. The fourth-order valence-corrected chi connectivity index (χ4v) is 1.89. The second-order valence-corrected chi connectivity index (χ2v) is 4.12. The summed E-state index contributed by atoms with van der Waals surface area (Å²) in [6.07, 6.45) is 0.0385. The lowest BCUT2D eigenvalue weighted by atomic mass is 10.0. The number of rotatable bonds is 5. The predicted octanol–water partition coefficient (Wildman–Crippen LogP) is 3.65. The molecule has 0 N–H and O–H groups in total. The van der Waals surface area contributed by atoms with Gasteiger partial charge in [0, 0.05) is 6.42 Å². The van der Waals surface area contributed by atoms with Crippen molar-refractivity contribution in [2.24, 2.45) is 0 Å². The van der Waals surface area contributed by atoms with Crippen molar-refractivity contribution in [2.45, 2.75) is 13.3 Å². The van der Waals surface area contributed by atoms with E-state index in [9.17, 15) is 9.18 Å². The third-order valence-electron chi connectivity index (χ3n) is 2.80. The molecule has 0 unspecified atom stereocenters. The summed E-state index contributed by atoms with van der Waals surface area (Å²) in [7, 11) is 0. The van der Waals surface area contributed by atoms with Gasteiger partial charge in [0.2, 0.25) is 0 Å². The van der Waals surface area contributed by atoms with E-state index in [0.29, 0.717) is 23.5 Å². The number of ketones is 1. The minimum Gasteiger partial charge on any atom is -0.493 e. The van der Waals surface area contributed by atoms with Gasteiger partial charge in [0.05, 0.1) is 12.2 Å².